The molecule has 0 bridgehead atoms. The summed E-state index contributed by atoms with van der Waals surface area (Å²) in [4.78, 5) is 13.8. The molecule has 0 aliphatic carbocycles. The number of anilines is 2. The van der Waals surface area contributed by atoms with Crippen molar-refractivity contribution in [1.82, 2.24) is 15.0 Å². The van der Waals surface area contributed by atoms with E-state index in [0.717, 1.165) is 34.6 Å². The highest BCUT2D eigenvalue weighted by atomic mass is 32.1. The normalized spacial score (nSPS) is 11.9. The first kappa shape index (κ1) is 21.0. The second-order valence-electron chi connectivity index (χ2n) is 6.87. The van der Waals surface area contributed by atoms with Gasteiger partial charge in [0.1, 0.15) is 16.9 Å². The molecule has 2 aromatic heterocycles. The Morgan fingerprint density at radius 3 is 2.72 bits per heavy atom. The molecular weight excluding hydrogens is 384 g/mol. The van der Waals surface area contributed by atoms with Crippen LogP contribution in [0.25, 0.3) is 20.8 Å². The summed E-state index contributed by atoms with van der Waals surface area (Å²) >= 11 is 1.54. The molecule has 0 spiro atoms. The number of hydrogen-bond acceptors (Lipinski definition) is 8. The van der Waals surface area contributed by atoms with Gasteiger partial charge in [0.15, 0.2) is 5.69 Å². The lowest BCUT2D eigenvalue weighted by Gasteiger charge is -2.14. The van der Waals surface area contributed by atoms with E-state index in [4.69, 9.17) is 9.72 Å². The third kappa shape index (κ3) is 5.19. The Bertz CT molecular complexity index is 963. The topological polar surface area (TPSA) is 95.8 Å². The Labute approximate surface area is 175 Å². The minimum atomic E-state index is 0.310. The van der Waals surface area contributed by atoms with Crippen molar-refractivity contribution in [1.29, 1.82) is 5.26 Å². The molecule has 1 unspecified atom stereocenters. The molecule has 3 rings (SSSR count). The van der Waals surface area contributed by atoms with Gasteiger partial charge in [-0.1, -0.05) is 32.4 Å². The zero-order chi connectivity index (χ0) is 20.6. The van der Waals surface area contributed by atoms with Gasteiger partial charge in [0.2, 0.25) is 5.95 Å². The summed E-state index contributed by atoms with van der Waals surface area (Å²) in [5, 5.41) is 17.1. The van der Waals surface area contributed by atoms with Crippen LogP contribution in [-0.2, 0) is 4.74 Å². The van der Waals surface area contributed by atoms with Crippen LogP contribution in [0.4, 0.5) is 11.8 Å². The lowest BCUT2D eigenvalue weighted by atomic mass is 10.1. The predicted molar refractivity (Wildman–Crippen MR) is 118 cm³/mol. The number of thiazole rings is 1. The maximum Gasteiger partial charge on any atom is 0.226 e. The highest BCUT2D eigenvalue weighted by molar-refractivity contribution is 7.21. The fourth-order valence-electron chi connectivity index (χ4n) is 2.84. The van der Waals surface area contributed by atoms with Crippen LogP contribution in [0.15, 0.2) is 24.3 Å². The highest BCUT2D eigenvalue weighted by Gasteiger charge is 2.20. The summed E-state index contributed by atoms with van der Waals surface area (Å²) in [5.41, 5.74) is 1.88. The van der Waals surface area contributed by atoms with E-state index in [1.165, 1.54) is 0 Å². The first-order chi connectivity index (χ1) is 14.2. The van der Waals surface area contributed by atoms with E-state index in [9.17, 15) is 5.26 Å². The molecule has 0 aliphatic heterocycles. The second-order valence-corrected chi connectivity index (χ2v) is 7.90. The van der Waals surface area contributed by atoms with E-state index >= 15 is 0 Å². The van der Waals surface area contributed by atoms with Crippen molar-refractivity contribution in [3.8, 4) is 16.6 Å². The number of rotatable bonds is 10. The summed E-state index contributed by atoms with van der Waals surface area (Å²) < 4.78 is 6.14. The molecule has 2 heterocycles. The molecule has 0 fully saturated rings. The van der Waals surface area contributed by atoms with Crippen molar-refractivity contribution in [2.45, 2.75) is 26.7 Å². The van der Waals surface area contributed by atoms with Gasteiger partial charge < -0.3 is 15.4 Å². The molecular formula is C21H26N6OS. The van der Waals surface area contributed by atoms with Crippen molar-refractivity contribution in [3.63, 3.8) is 0 Å². The fraction of sp³-hybridized carbons (Fsp3) is 0.429. The number of para-hydroxylation sites is 1. The number of ether oxygens (including phenoxy) is 1. The highest BCUT2D eigenvalue weighted by Crippen LogP contribution is 2.36. The molecule has 152 valence electrons. The lowest BCUT2D eigenvalue weighted by molar-refractivity contribution is 0.210. The number of fused-ring (bicyclic) bond motifs is 1. The maximum absolute atomic E-state index is 9.78. The number of hydrogen-bond donors (Lipinski definition) is 2. The van der Waals surface area contributed by atoms with E-state index in [1.807, 2.05) is 24.3 Å². The summed E-state index contributed by atoms with van der Waals surface area (Å²) in [6.07, 6.45) is 2.15. The summed E-state index contributed by atoms with van der Waals surface area (Å²) in [7, 11) is 1.64. The van der Waals surface area contributed by atoms with E-state index in [1.54, 1.807) is 18.4 Å². The van der Waals surface area contributed by atoms with Crippen molar-refractivity contribution in [3.05, 3.63) is 30.0 Å². The summed E-state index contributed by atoms with van der Waals surface area (Å²) in [6.45, 7) is 6.28. The van der Waals surface area contributed by atoms with Gasteiger partial charge >= 0.3 is 0 Å². The molecule has 3 aromatic rings. The molecule has 29 heavy (non-hydrogen) atoms. The number of aromatic nitrogens is 3. The average Bonchev–Trinajstić information content (AvgIpc) is 3.17. The van der Waals surface area contributed by atoms with Crippen LogP contribution in [0.2, 0.25) is 0 Å². The number of nitrogens with zero attached hydrogens (tertiary/aromatic N) is 4. The van der Waals surface area contributed by atoms with Gasteiger partial charge in [-0.3, -0.25) is 0 Å². The number of methoxy groups -OCH3 is 1. The van der Waals surface area contributed by atoms with Crippen LogP contribution in [0, 0.1) is 17.2 Å². The van der Waals surface area contributed by atoms with Crippen LogP contribution in [-0.4, -0.2) is 41.8 Å². The Morgan fingerprint density at radius 1 is 1.17 bits per heavy atom. The van der Waals surface area contributed by atoms with Gasteiger partial charge in [0, 0.05) is 20.2 Å². The van der Waals surface area contributed by atoms with Gasteiger partial charge in [-0.2, -0.15) is 10.2 Å². The molecule has 2 N–H and O–H groups in total. The standard InChI is InChI=1S/C21H26N6OS/c1-4-14(2)9-10-23-19-18(20-25-15-7-5-6-8-17(15)29-20)16(13-22)26-21(27-19)24-11-12-28-3/h5-8,14H,4,9-12H2,1-3H3,(H2,23,24,26,27). The Kier molecular flexibility index (Phi) is 7.33. The first-order valence-electron chi connectivity index (χ1n) is 9.81. The molecule has 7 nitrogen and oxygen atoms in total. The van der Waals surface area contributed by atoms with Gasteiger partial charge in [0.25, 0.3) is 0 Å². The largest absolute Gasteiger partial charge is 0.383 e. The van der Waals surface area contributed by atoms with E-state index < -0.39 is 0 Å². The van der Waals surface area contributed by atoms with Crippen LogP contribution >= 0.6 is 11.3 Å². The number of benzene rings is 1. The summed E-state index contributed by atoms with van der Waals surface area (Å²) in [5.74, 6) is 1.67. The van der Waals surface area contributed by atoms with Crippen LogP contribution in [0.3, 0.4) is 0 Å². The van der Waals surface area contributed by atoms with Gasteiger partial charge in [-0.05, 0) is 24.5 Å². The molecule has 8 heteroatoms. The van der Waals surface area contributed by atoms with Crippen molar-refractivity contribution >= 4 is 33.3 Å². The van der Waals surface area contributed by atoms with E-state index in [2.05, 4.69) is 40.5 Å². The van der Waals surface area contributed by atoms with Crippen molar-refractivity contribution < 1.29 is 4.74 Å². The molecule has 0 saturated carbocycles. The monoisotopic (exact) mass is 410 g/mol. The molecule has 1 atom stereocenters. The Balaban J connectivity index is 1.99. The Hall–Kier alpha value is -2.76. The minimum absolute atomic E-state index is 0.310. The maximum atomic E-state index is 9.78. The number of nitrogens with one attached hydrogen (secondary N) is 2. The molecule has 0 saturated heterocycles. The SMILES string of the molecule is CCC(C)CCNc1nc(NCCOC)nc(C#N)c1-c1nc2ccccc2s1. The molecule has 0 aliphatic rings. The average molecular weight is 411 g/mol. The van der Waals surface area contributed by atoms with Gasteiger partial charge in [-0.15, -0.1) is 11.3 Å². The predicted octanol–water partition coefficient (Wildman–Crippen LogP) is 4.53. The summed E-state index contributed by atoms with van der Waals surface area (Å²) in [6, 6.07) is 10.2. The van der Waals surface area contributed by atoms with Crippen LogP contribution in [0.5, 0.6) is 0 Å². The third-order valence-corrected chi connectivity index (χ3v) is 5.79. The van der Waals surface area contributed by atoms with Gasteiger partial charge in [-0.25, -0.2) is 9.97 Å². The smallest absolute Gasteiger partial charge is 0.226 e. The minimum Gasteiger partial charge on any atom is -0.383 e. The Morgan fingerprint density at radius 2 is 2.00 bits per heavy atom. The fourth-order valence-corrected chi connectivity index (χ4v) is 3.85. The molecule has 0 amide bonds. The zero-order valence-electron chi connectivity index (χ0n) is 17.0. The lowest BCUT2D eigenvalue weighted by Crippen LogP contribution is -2.14. The van der Waals surface area contributed by atoms with Crippen molar-refractivity contribution in [2.75, 3.05) is 37.4 Å². The second kappa shape index (κ2) is 10.1. The van der Waals surface area contributed by atoms with Crippen LogP contribution < -0.4 is 10.6 Å². The molecule has 1 aromatic carbocycles. The van der Waals surface area contributed by atoms with Gasteiger partial charge in [0.05, 0.1) is 22.4 Å². The third-order valence-electron chi connectivity index (χ3n) is 4.74. The van der Waals surface area contributed by atoms with E-state index in [-0.39, 0.29) is 0 Å². The first-order valence-corrected chi connectivity index (χ1v) is 10.6. The molecule has 0 radical (unpaired) electrons. The van der Waals surface area contributed by atoms with Crippen LogP contribution in [0.1, 0.15) is 32.4 Å². The quantitative estimate of drug-likeness (QED) is 0.474. The zero-order valence-corrected chi connectivity index (χ0v) is 17.8. The number of nitriles is 1. The van der Waals surface area contributed by atoms with Crippen molar-refractivity contribution in [2.24, 2.45) is 5.92 Å². The van der Waals surface area contributed by atoms with E-state index in [0.29, 0.717) is 42.1 Å².